The van der Waals surface area contributed by atoms with Gasteiger partial charge in [-0.15, -0.1) is 0 Å². The molecule has 0 aliphatic heterocycles. The van der Waals surface area contributed by atoms with E-state index in [2.05, 4.69) is 24.5 Å². The summed E-state index contributed by atoms with van der Waals surface area (Å²) in [6.07, 6.45) is -0.966. The van der Waals surface area contributed by atoms with E-state index in [0.29, 0.717) is 17.3 Å². The van der Waals surface area contributed by atoms with Crippen molar-refractivity contribution in [3.8, 4) is 0 Å². The number of benzene rings is 2. The molecule has 0 heterocycles. The Morgan fingerprint density at radius 2 is 1.56 bits per heavy atom. The molecule has 6 heteroatoms. The number of hydrogen-bond donors (Lipinski definition) is 2. The molecule has 2 amide bonds. The predicted molar refractivity (Wildman–Crippen MR) is 105 cm³/mol. The maximum absolute atomic E-state index is 12.3. The number of rotatable bonds is 6. The summed E-state index contributed by atoms with van der Waals surface area (Å²) in [6, 6.07) is 13.9. The third-order valence-electron chi connectivity index (χ3n) is 3.92. The molecule has 2 aromatic carbocycles. The van der Waals surface area contributed by atoms with E-state index in [-0.39, 0.29) is 11.5 Å². The van der Waals surface area contributed by atoms with Crippen LogP contribution in [0.4, 0.5) is 11.4 Å². The summed E-state index contributed by atoms with van der Waals surface area (Å²) < 4.78 is 5.23. The highest BCUT2D eigenvalue weighted by atomic mass is 16.5. The predicted octanol–water partition coefficient (Wildman–Crippen LogP) is 3.95. The summed E-state index contributed by atoms with van der Waals surface area (Å²) in [7, 11) is 0. The van der Waals surface area contributed by atoms with E-state index in [1.54, 1.807) is 18.2 Å². The third-order valence-corrected chi connectivity index (χ3v) is 3.92. The third kappa shape index (κ3) is 5.95. The first-order chi connectivity index (χ1) is 12.8. The summed E-state index contributed by atoms with van der Waals surface area (Å²) in [5.41, 5.74) is 2.55. The number of nitrogens with one attached hydrogen (secondary N) is 2. The second-order valence-corrected chi connectivity index (χ2v) is 6.58. The SMILES string of the molecule is CC(=O)Nc1cccc(C(=O)O[C@H](C)C(=O)Nc2ccc(C(C)C)cc2)c1. The molecule has 2 aromatic rings. The van der Waals surface area contributed by atoms with Crippen LogP contribution in [0.25, 0.3) is 0 Å². The van der Waals surface area contributed by atoms with Gasteiger partial charge in [0.1, 0.15) is 0 Å². The Bertz CT molecular complexity index is 828. The van der Waals surface area contributed by atoms with Crippen LogP contribution in [0.1, 0.15) is 49.5 Å². The van der Waals surface area contributed by atoms with Gasteiger partial charge in [-0.1, -0.05) is 32.0 Å². The first kappa shape index (κ1) is 20.2. The summed E-state index contributed by atoms with van der Waals surface area (Å²) in [5, 5.41) is 5.32. The number of esters is 1. The van der Waals surface area contributed by atoms with Crippen molar-refractivity contribution < 1.29 is 19.1 Å². The van der Waals surface area contributed by atoms with Gasteiger partial charge in [-0.2, -0.15) is 0 Å². The van der Waals surface area contributed by atoms with Gasteiger partial charge in [0.15, 0.2) is 6.10 Å². The summed E-state index contributed by atoms with van der Waals surface area (Å²) in [4.78, 5) is 35.6. The van der Waals surface area contributed by atoms with Gasteiger partial charge in [0.2, 0.25) is 5.91 Å². The molecule has 0 saturated heterocycles. The number of anilines is 2. The van der Waals surface area contributed by atoms with Crippen molar-refractivity contribution in [3.05, 3.63) is 59.7 Å². The van der Waals surface area contributed by atoms with Crippen LogP contribution in [-0.4, -0.2) is 23.9 Å². The Morgan fingerprint density at radius 1 is 0.889 bits per heavy atom. The summed E-state index contributed by atoms with van der Waals surface area (Å²) in [6.45, 7) is 7.07. The lowest BCUT2D eigenvalue weighted by Gasteiger charge is -2.14. The van der Waals surface area contributed by atoms with Gasteiger partial charge in [0.05, 0.1) is 5.56 Å². The standard InChI is InChI=1S/C21H24N2O4/c1-13(2)16-8-10-18(11-9-16)23-20(25)14(3)27-21(26)17-6-5-7-19(12-17)22-15(4)24/h5-14H,1-4H3,(H,22,24)(H,23,25)/t14-/m1/s1. The average Bonchev–Trinajstić information content (AvgIpc) is 2.61. The fourth-order valence-electron chi connectivity index (χ4n) is 2.40. The molecule has 0 aliphatic rings. The molecule has 6 nitrogen and oxygen atoms in total. The van der Waals surface area contributed by atoms with Crippen molar-refractivity contribution >= 4 is 29.2 Å². The van der Waals surface area contributed by atoms with Crippen LogP contribution in [0.15, 0.2) is 48.5 Å². The molecule has 2 N–H and O–H groups in total. The molecule has 0 bridgehead atoms. The number of ether oxygens (including phenoxy) is 1. The first-order valence-electron chi connectivity index (χ1n) is 8.75. The molecule has 0 aliphatic carbocycles. The maximum Gasteiger partial charge on any atom is 0.338 e. The molecule has 0 unspecified atom stereocenters. The van der Waals surface area contributed by atoms with Gasteiger partial charge >= 0.3 is 5.97 Å². The first-order valence-corrected chi connectivity index (χ1v) is 8.75. The lowest BCUT2D eigenvalue weighted by Crippen LogP contribution is -2.30. The number of carbonyl (C=O) groups excluding carboxylic acids is 3. The lowest BCUT2D eigenvalue weighted by molar-refractivity contribution is -0.123. The van der Waals surface area contributed by atoms with Crippen molar-refractivity contribution in [2.24, 2.45) is 0 Å². The van der Waals surface area contributed by atoms with E-state index in [4.69, 9.17) is 4.74 Å². The van der Waals surface area contributed by atoms with E-state index in [9.17, 15) is 14.4 Å². The highest BCUT2D eigenvalue weighted by Crippen LogP contribution is 2.18. The van der Waals surface area contributed by atoms with E-state index < -0.39 is 18.0 Å². The van der Waals surface area contributed by atoms with Crippen LogP contribution in [0, 0.1) is 0 Å². The Labute approximate surface area is 158 Å². The number of hydrogen-bond acceptors (Lipinski definition) is 4. The summed E-state index contributed by atoms with van der Waals surface area (Å²) >= 11 is 0. The minimum atomic E-state index is -0.966. The Kier molecular flexibility index (Phi) is 6.71. The zero-order chi connectivity index (χ0) is 20.0. The van der Waals surface area contributed by atoms with Gasteiger partial charge in [-0.3, -0.25) is 9.59 Å². The van der Waals surface area contributed by atoms with Crippen molar-refractivity contribution in [1.29, 1.82) is 0 Å². The molecule has 0 fully saturated rings. The zero-order valence-electron chi connectivity index (χ0n) is 15.9. The number of amides is 2. The largest absolute Gasteiger partial charge is 0.449 e. The molecular formula is C21H24N2O4. The smallest absolute Gasteiger partial charge is 0.338 e. The highest BCUT2D eigenvalue weighted by molar-refractivity contribution is 5.98. The van der Waals surface area contributed by atoms with Crippen LogP contribution in [-0.2, 0) is 14.3 Å². The van der Waals surface area contributed by atoms with Crippen molar-refractivity contribution in [1.82, 2.24) is 0 Å². The normalized spacial score (nSPS) is 11.6. The van der Waals surface area contributed by atoms with E-state index in [1.165, 1.54) is 25.5 Å². The van der Waals surface area contributed by atoms with Crippen LogP contribution < -0.4 is 10.6 Å². The van der Waals surface area contributed by atoms with Gasteiger partial charge < -0.3 is 15.4 Å². The lowest BCUT2D eigenvalue weighted by atomic mass is 10.0. The molecule has 0 spiro atoms. The molecule has 2 rings (SSSR count). The summed E-state index contributed by atoms with van der Waals surface area (Å²) in [5.74, 6) is -0.890. The second-order valence-electron chi connectivity index (χ2n) is 6.58. The van der Waals surface area contributed by atoms with E-state index >= 15 is 0 Å². The molecule has 27 heavy (non-hydrogen) atoms. The van der Waals surface area contributed by atoms with E-state index in [0.717, 1.165) is 0 Å². The monoisotopic (exact) mass is 368 g/mol. The molecule has 0 radical (unpaired) electrons. The maximum atomic E-state index is 12.3. The van der Waals surface area contributed by atoms with Gasteiger partial charge in [0, 0.05) is 18.3 Å². The van der Waals surface area contributed by atoms with Crippen molar-refractivity contribution in [2.45, 2.75) is 39.7 Å². The average molecular weight is 368 g/mol. The Hall–Kier alpha value is -3.15. The topological polar surface area (TPSA) is 84.5 Å². The molecule has 0 aromatic heterocycles. The van der Waals surface area contributed by atoms with Crippen LogP contribution >= 0.6 is 0 Å². The molecule has 142 valence electrons. The molecule has 1 atom stereocenters. The Morgan fingerprint density at radius 3 is 2.15 bits per heavy atom. The fourth-order valence-corrected chi connectivity index (χ4v) is 2.40. The zero-order valence-corrected chi connectivity index (χ0v) is 15.9. The van der Waals surface area contributed by atoms with Crippen LogP contribution in [0.2, 0.25) is 0 Å². The van der Waals surface area contributed by atoms with Crippen molar-refractivity contribution in [3.63, 3.8) is 0 Å². The van der Waals surface area contributed by atoms with E-state index in [1.807, 2.05) is 24.3 Å². The minimum Gasteiger partial charge on any atom is -0.449 e. The minimum absolute atomic E-state index is 0.239. The second kappa shape index (κ2) is 8.98. The van der Waals surface area contributed by atoms with Gasteiger partial charge in [-0.05, 0) is 48.7 Å². The van der Waals surface area contributed by atoms with Gasteiger partial charge in [0.25, 0.3) is 5.91 Å². The van der Waals surface area contributed by atoms with Crippen LogP contribution in [0.3, 0.4) is 0 Å². The number of carbonyl (C=O) groups is 3. The quantitative estimate of drug-likeness (QED) is 0.756. The van der Waals surface area contributed by atoms with Crippen LogP contribution in [0.5, 0.6) is 0 Å². The fraction of sp³-hybridized carbons (Fsp3) is 0.286. The molecule has 0 saturated carbocycles. The molecular weight excluding hydrogens is 344 g/mol. The van der Waals surface area contributed by atoms with Gasteiger partial charge in [-0.25, -0.2) is 4.79 Å². The van der Waals surface area contributed by atoms with Crippen molar-refractivity contribution in [2.75, 3.05) is 10.6 Å². The Balaban J connectivity index is 1.97. The highest BCUT2D eigenvalue weighted by Gasteiger charge is 2.19.